The molecule has 25 heavy (non-hydrogen) atoms. The van der Waals surface area contributed by atoms with Crippen molar-refractivity contribution in [3.8, 4) is 0 Å². The highest BCUT2D eigenvalue weighted by molar-refractivity contribution is 7.80. The molecule has 0 aromatic heterocycles. The first-order valence-electron chi connectivity index (χ1n) is 6.72. The van der Waals surface area contributed by atoms with Crippen molar-refractivity contribution in [2.45, 2.75) is 13.0 Å². The quantitative estimate of drug-likeness (QED) is 0.428. The zero-order valence-corrected chi connectivity index (χ0v) is 15.1. The summed E-state index contributed by atoms with van der Waals surface area (Å²) in [5.41, 5.74) is 1.17. The second-order valence-electron chi connectivity index (χ2n) is 4.40. The van der Waals surface area contributed by atoms with Crippen molar-refractivity contribution in [3.05, 3.63) is 42.5 Å². The second-order valence-corrected chi connectivity index (χ2v) is 6.19. The van der Waals surface area contributed by atoms with Gasteiger partial charge in [-0.1, -0.05) is 43.0 Å². The lowest BCUT2D eigenvalue weighted by Gasteiger charge is -2.18. The minimum atomic E-state index is -4.67. The van der Waals surface area contributed by atoms with E-state index in [2.05, 4.69) is 18.8 Å². The average molecular weight is 401 g/mol. The molecule has 1 saturated heterocycles. The van der Waals surface area contributed by atoms with E-state index in [4.69, 9.17) is 39.8 Å². The molecule has 1 heterocycles. The molecule has 1 aromatic carbocycles. The van der Waals surface area contributed by atoms with Gasteiger partial charge in [0, 0.05) is 13.1 Å². The SMILES string of the molecule is C=Cc1ccccc1.CC1CNCCO1.O=S(=O)(O)O.O=S(=O)(O)O. The highest BCUT2D eigenvalue weighted by Gasteiger charge is 2.04. The van der Waals surface area contributed by atoms with Gasteiger partial charge in [0.15, 0.2) is 0 Å². The number of rotatable bonds is 1. The normalized spacial score (nSPS) is 16.6. The van der Waals surface area contributed by atoms with Crippen molar-refractivity contribution in [2.75, 3.05) is 19.7 Å². The van der Waals surface area contributed by atoms with E-state index in [9.17, 15) is 0 Å². The van der Waals surface area contributed by atoms with Gasteiger partial charge in [-0.2, -0.15) is 16.8 Å². The Bertz CT molecular complexity index is 608. The van der Waals surface area contributed by atoms with Crippen LogP contribution in [0.15, 0.2) is 36.9 Å². The summed E-state index contributed by atoms with van der Waals surface area (Å²) in [6, 6.07) is 10.0. The standard InChI is InChI=1S/C8H8.C5H11NO.2H2O4S/c1-2-8-6-4-3-5-7-8;1-5-4-6-2-3-7-5;2*1-5(2,3)4/h2-7H,1H2;5-6H,2-4H2,1H3;2*(H2,1,2,3,4). The molecule has 5 N–H and O–H groups in total. The van der Waals surface area contributed by atoms with Crippen LogP contribution in [0.4, 0.5) is 0 Å². The zero-order chi connectivity index (χ0) is 19.9. The molecule has 0 spiro atoms. The summed E-state index contributed by atoms with van der Waals surface area (Å²) in [7, 11) is -9.33. The monoisotopic (exact) mass is 401 g/mol. The number of nitrogens with one attached hydrogen (secondary N) is 1. The van der Waals surface area contributed by atoms with Gasteiger partial charge in [-0.05, 0) is 12.5 Å². The van der Waals surface area contributed by atoms with Crippen molar-refractivity contribution in [1.82, 2.24) is 5.32 Å². The molecule has 1 aromatic rings. The fourth-order valence-corrected chi connectivity index (χ4v) is 1.29. The van der Waals surface area contributed by atoms with Gasteiger partial charge in [-0.25, -0.2) is 0 Å². The Morgan fingerprint density at radius 3 is 1.72 bits per heavy atom. The molecule has 146 valence electrons. The summed E-state index contributed by atoms with van der Waals surface area (Å²) in [4.78, 5) is 0. The largest absolute Gasteiger partial charge is 0.394 e. The summed E-state index contributed by atoms with van der Waals surface area (Å²) in [5.74, 6) is 0. The molecule has 0 aliphatic carbocycles. The van der Waals surface area contributed by atoms with Gasteiger partial charge in [0.25, 0.3) is 0 Å². The van der Waals surface area contributed by atoms with E-state index >= 15 is 0 Å². The maximum absolute atomic E-state index is 8.74. The Morgan fingerprint density at radius 2 is 1.52 bits per heavy atom. The van der Waals surface area contributed by atoms with Crippen LogP contribution in [0.2, 0.25) is 0 Å². The molecule has 0 saturated carbocycles. The summed E-state index contributed by atoms with van der Waals surface area (Å²) < 4.78 is 68.4. The van der Waals surface area contributed by atoms with Crippen LogP contribution in [0.5, 0.6) is 0 Å². The van der Waals surface area contributed by atoms with E-state index in [-0.39, 0.29) is 0 Å². The molecule has 0 amide bonds. The van der Waals surface area contributed by atoms with Gasteiger partial charge < -0.3 is 10.1 Å². The lowest BCUT2D eigenvalue weighted by Crippen LogP contribution is -2.36. The van der Waals surface area contributed by atoms with E-state index in [1.54, 1.807) is 0 Å². The number of hydrogen-bond donors (Lipinski definition) is 5. The third kappa shape index (κ3) is 34.8. The summed E-state index contributed by atoms with van der Waals surface area (Å²) in [6.45, 7) is 8.61. The maximum Gasteiger partial charge on any atom is 0.394 e. The van der Waals surface area contributed by atoms with E-state index in [0.29, 0.717) is 6.10 Å². The van der Waals surface area contributed by atoms with E-state index in [1.807, 2.05) is 36.4 Å². The third-order valence-corrected chi connectivity index (χ3v) is 2.15. The van der Waals surface area contributed by atoms with Crippen LogP contribution in [0.1, 0.15) is 12.5 Å². The molecule has 0 radical (unpaired) electrons. The summed E-state index contributed by atoms with van der Waals surface area (Å²) >= 11 is 0. The maximum atomic E-state index is 8.74. The lowest BCUT2D eigenvalue weighted by molar-refractivity contribution is 0.0410. The number of benzene rings is 1. The van der Waals surface area contributed by atoms with Crippen LogP contribution >= 0.6 is 0 Å². The Labute approximate surface area is 147 Å². The van der Waals surface area contributed by atoms with Crippen LogP contribution in [0.3, 0.4) is 0 Å². The van der Waals surface area contributed by atoms with E-state index in [1.165, 1.54) is 5.56 Å². The number of hydrogen-bond acceptors (Lipinski definition) is 6. The topological polar surface area (TPSA) is 170 Å². The predicted molar refractivity (Wildman–Crippen MR) is 93.2 cm³/mol. The van der Waals surface area contributed by atoms with Crippen molar-refractivity contribution in [1.29, 1.82) is 0 Å². The molecule has 1 fully saturated rings. The third-order valence-electron chi connectivity index (χ3n) is 2.15. The van der Waals surface area contributed by atoms with Crippen molar-refractivity contribution in [2.24, 2.45) is 0 Å². The van der Waals surface area contributed by atoms with Crippen LogP contribution < -0.4 is 5.32 Å². The zero-order valence-electron chi connectivity index (χ0n) is 13.5. The second kappa shape index (κ2) is 13.9. The smallest absolute Gasteiger partial charge is 0.376 e. The first-order chi connectivity index (χ1) is 11.3. The minimum Gasteiger partial charge on any atom is -0.376 e. The Balaban J connectivity index is 0. The Hall–Kier alpha value is -1.38. The van der Waals surface area contributed by atoms with Crippen LogP contribution in [0.25, 0.3) is 6.08 Å². The van der Waals surface area contributed by atoms with Gasteiger partial charge in [0.2, 0.25) is 0 Å². The lowest BCUT2D eigenvalue weighted by atomic mass is 10.2. The molecule has 1 atom stereocenters. The molecule has 2 rings (SSSR count). The Morgan fingerprint density at radius 1 is 1.08 bits per heavy atom. The van der Waals surface area contributed by atoms with E-state index < -0.39 is 20.8 Å². The predicted octanol–water partition coefficient (Wildman–Crippen LogP) is 1.02. The molecular formula is C13H23NO9S2. The highest BCUT2D eigenvalue weighted by atomic mass is 32.3. The van der Waals surface area contributed by atoms with Gasteiger partial charge in [0.1, 0.15) is 0 Å². The fourth-order valence-electron chi connectivity index (χ4n) is 1.29. The van der Waals surface area contributed by atoms with Crippen molar-refractivity contribution < 1.29 is 39.8 Å². The molecular weight excluding hydrogens is 378 g/mol. The minimum absolute atomic E-state index is 0.425. The first-order valence-corrected chi connectivity index (χ1v) is 9.52. The Kier molecular flexibility index (Phi) is 14.3. The van der Waals surface area contributed by atoms with Gasteiger partial charge >= 0.3 is 20.8 Å². The number of ether oxygens (including phenoxy) is 1. The van der Waals surface area contributed by atoms with Crippen LogP contribution in [-0.2, 0) is 25.5 Å². The highest BCUT2D eigenvalue weighted by Crippen LogP contribution is 1.97. The summed E-state index contributed by atoms with van der Waals surface area (Å²) in [5, 5.41) is 3.21. The van der Waals surface area contributed by atoms with Crippen molar-refractivity contribution >= 4 is 26.9 Å². The molecule has 1 unspecified atom stereocenters. The molecule has 1 aliphatic rings. The van der Waals surface area contributed by atoms with Gasteiger partial charge in [0.05, 0.1) is 12.7 Å². The van der Waals surface area contributed by atoms with Gasteiger partial charge in [-0.3, -0.25) is 18.2 Å². The van der Waals surface area contributed by atoms with Gasteiger partial charge in [-0.15, -0.1) is 0 Å². The molecule has 1 aliphatic heterocycles. The van der Waals surface area contributed by atoms with Crippen molar-refractivity contribution in [3.63, 3.8) is 0 Å². The molecule has 0 bridgehead atoms. The molecule has 12 heteroatoms. The van der Waals surface area contributed by atoms with Crippen LogP contribution in [-0.4, -0.2) is 60.8 Å². The van der Waals surface area contributed by atoms with Crippen LogP contribution in [0, 0.1) is 0 Å². The summed E-state index contributed by atoms with van der Waals surface area (Å²) in [6.07, 6.45) is 2.26. The average Bonchev–Trinajstić information content (AvgIpc) is 2.46. The first kappa shape index (κ1) is 25.9. The fraction of sp³-hybridized carbons (Fsp3) is 0.385. The van der Waals surface area contributed by atoms with E-state index in [0.717, 1.165) is 19.7 Å². The number of morpholine rings is 1. The molecule has 10 nitrogen and oxygen atoms in total.